The summed E-state index contributed by atoms with van der Waals surface area (Å²) in [6.45, 7) is 5.12. The van der Waals surface area contributed by atoms with Crippen molar-refractivity contribution in [1.82, 2.24) is 4.90 Å². The minimum atomic E-state index is -0.534. The Morgan fingerprint density at radius 2 is 2.05 bits per heavy atom. The molecule has 2 N–H and O–H groups in total. The number of nitrogens with zero attached hydrogens (tertiary/aromatic N) is 1. The third kappa shape index (κ3) is 1.82. The maximum absolute atomic E-state index is 10.9. The van der Waals surface area contributed by atoms with E-state index in [1.807, 2.05) is 6.08 Å². The van der Waals surface area contributed by atoms with Crippen molar-refractivity contribution in [1.29, 1.82) is 0 Å². The molecule has 0 spiro atoms. The normalized spacial score (nSPS) is 34.0. The Kier molecular flexibility index (Phi) is 3.17. The van der Waals surface area contributed by atoms with Crippen LogP contribution in [0.15, 0.2) is 47.2 Å². The average Bonchev–Trinajstić information content (AvgIpc) is 2.92. The van der Waals surface area contributed by atoms with Crippen LogP contribution in [0.5, 0.6) is 0 Å². The molecular formula is C19H23NO2. The van der Waals surface area contributed by atoms with E-state index in [1.54, 1.807) is 0 Å². The first-order chi connectivity index (χ1) is 10.6. The number of fused-ring (bicyclic) bond motifs is 4. The van der Waals surface area contributed by atoms with Gasteiger partial charge in [0.15, 0.2) is 0 Å². The molecule has 1 aliphatic carbocycles. The molecule has 3 unspecified atom stereocenters. The van der Waals surface area contributed by atoms with Crippen LogP contribution in [0, 0.1) is 11.8 Å². The third-order valence-electron chi connectivity index (χ3n) is 5.76. The third-order valence-corrected chi connectivity index (χ3v) is 5.76. The lowest BCUT2D eigenvalue weighted by Gasteiger charge is -2.47. The van der Waals surface area contributed by atoms with E-state index in [1.165, 1.54) is 11.1 Å². The zero-order valence-corrected chi connectivity index (χ0v) is 13.2. The van der Waals surface area contributed by atoms with Crippen molar-refractivity contribution in [3.8, 4) is 0 Å². The molecule has 1 aromatic carbocycles. The van der Waals surface area contributed by atoms with Gasteiger partial charge in [-0.2, -0.15) is 0 Å². The number of aliphatic hydroxyl groups excluding tert-OH is 2. The predicted molar refractivity (Wildman–Crippen MR) is 86.0 cm³/mol. The quantitative estimate of drug-likeness (QED) is 0.831. The van der Waals surface area contributed by atoms with Gasteiger partial charge in [0.05, 0.1) is 5.76 Å². The highest BCUT2D eigenvalue weighted by molar-refractivity contribution is 5.41. The zero-order chi connectivity index (χ0) is 15.4. The van der Waals surface area contributed by atoms with E-state index in [0.717, 1.165) is 24.1 Å². The number of hydrogen-bond donors (Lipinski definition) is 2. The fraction of sp³-hybridized carbons (Fsp3) is 0.474. The van der Waals surface area contributed by atoms with Gasteiger partial charge in [0, 0.05) is 19.0 Å². The molecule has 3 aliphatic rings. The Hall–Kier alpha value is -1.58. The van der Waals surface area contributed by atoms with Gasteiger partial charge in [0.1, 0.15) is 6.23 Å². The van der Waals surface area contributed by atoms with E-state index < -0.39 is 6.23 Å². The first-order valence-corrected chi connectivity index (χ1v) is 8.26. The molecular weight excluding hydrogens is 274 g/mol. The van der Waals surface area contributed by atoms with Gasteiger partial charge in [-0.25, -0.2) is 0 Å². The summed E-state index contributed by atoms with van der Waals surface area (Å²) in [6.07, 6.45) is 2.99. The molecule has 22 heavy (non-hydrogen) atoms. The zero-order valence-electron chi connectivity index (χ0n) is 13.2. The molecule has 4 rings (SSSR count). The van der Waals surface area contributed by atoms with Gasteiger partial charge in [0.25, 0.3) is 0 Å². The maximum atomic E-state index is 10.9. The highest BCUT2D eigenvalue weighted by atomic mass is 16.3. The van der Waals surface area contributed by atoms with E-state index >= 15 is 0 Å². The Morgan fingerprint density at radius 1 is 1.27 bits per heavy atom. The highest BCUT2D eigenvalue weighted by Crippen LogP contribution is 2.52. The van der Waals surface area contributed by atoms with Crippen LogP contribution in [0.3, 0.4) is 0 Å². The maximum Gasteiger partial charge on any atom is 0.130 e. The smallest absolute Gasteiger partial charge is 0.130 e. The van der Waals surface area contributed by atoms with Crippen LogP contribution < -0.4 is 0 Å². The van der Waals surface area contributed by atoms with E-state index in [9.17, 15) is 10.2 Å². The lowest BCUT2D eigenvalue weighted by molar-refractivity contribution is -0.0559. The molecule has 0 saturated carbocycles. The lowest BCUT2D eigenvalue weighted by atomic mass is 9.71. The van der Waals surface area contributed by atoms with Gasteiger partial charge < -0.3 is 10.2 Å². The second kappa shape index (κ2) is 4.97. The minimum Gasteiger partial charge on any atom is -0.512 e. The van der Waals surface area contributed by atoms with E-state index in [2.05, 4.69) is 43.0 Å². The van der Waals surface area contributed by atoms with Crippen LogP contribution >= 0.6 is 0 Å². The summed E-state index contributed by atoms with van der Waals surface area (Å²) in [4.78, 5) is 2.22. The number of hydrogen-bond acceptors (Lipinski definition) is 3. The van der Waals surface area contributed by atoms with Gasteiger partial charge in [0.2, 0.25) is 0 Å². The number of allylic oxidation sites excluding steroid dienone is 3. The van der Waals surface area contributed by atoms with Crippen molar-refractivity contribution in [2.24, 2.45) is 11.8 Å². The first kappa shape index (κ1) is 14.0. The fourth-order valence-corrected chi connectivity index (χ4v) is 4.59. The molecule has 3 nitrogen and oxygen atoms in total. The van der Waals surface area contributed by atoms with E-state index in [-0.39, 0.29) is 12.0 Å². The van der Waals surface area contributed by atoms with Crippen molar-refractivity contribution < 1.29 is 10.2 Å². The van der Waals surface area contributed by atoms with Crippen LogP contribution in [-0.4, -0.2) is 21.3 Å². The molecule has 116 valence electrons. The topological polar surface area (TPSA) is 43.7 Å². The van der Waals surface area contributed by atoms with Crippen molar-refractivity contribution in [2.45, 2.75) is 45.5 Å². The van der Waals surface area contributed by atoms with Crippen molar-refractivity contribution in [3.63, 3.8) is 0 Å². The number of benzene rings is 1. The minimum absolute atomic E-state index is 0.234. The molecule has 2 aliphatic heterocycles. The number of piperidine rings is 1. The van der Waals surface area contributed by atoms with Crippen molar-refractivity contribution in [2.75, 3.05) is 0 Å². The van der Waals surface area contributed by atoms with Crippen LogP contribution in [-0.2, 0) is 6.54 Å². The van der Waals surface area contributed by atoms with Crippen LogP contribution in [0.4, 0.5) is 0 Å². The Balaban J connectivity index is 1.77. The Labute approximate surface area is 131 Å². The Morgan fingerprint density at radius 3 is 2.82 bits per heavy atom. The molecule has 0 bridgehead atoms. The fourth-order valence-electron chi connectivity index (χ4n) is 4.59. The van der Waals surface area contributed by atoms with E-state index in [0.29, 0.717) is 18.1 Å². The molecule has 1 aromatic rings. The SMILES string of the molecule is CCC1=C(O)CC2C(=C1)C(O)N1Cc3ccccc3[C@H]1C2C. The largest absolute Gasteiger partial charge is 0.512 e. The van der Waals surface area contributed by atoms with Gasteiger partial charge in [-0.3, -0.25) is 4.90 Å². The molecule has 4 atom stereocenters. The highest BCUT2D eigenvalue weighted by Gasteiger charge is 2.48. The summed E-state index contributed by atoms with van der Waals surface area (Å²) >= 11 is 0. The molecule has 1 saturated heterocycles. The molecule has 2 heterocycles. The summed E-state index contributed by atoms with van der Waals surface area (Å²) in [7, 11) is 0. The second-order valence-electron chi connectivity index (χ2n) is 6.83. The van der Waals surface area contributed by atoms with Crippen molar-refractivity contribution in [3.05, 3.63) is 58.4 Å². The van der Waals surface area contributed by atoms with Gasteiger partial charge in [-0.05, 0) is 40.5 Å². The number of aliphatic hydroxyl groups is 2. The van der Waals surface area contributed by atoms with Gasteiger partial charge in [-0.1, -0.05) is 44.2 Å². The summed E-state index contributed by atoms with van der Waals surface area (Å²) < 4.78 is 0. The first-order valence-electron chi connectivity index (χ1n) is 8.26. The lowest BCUT2D eigenvalue weighted by Crippen LogP contribution is -2.48. The van der Waals surface area contributed by atoms with E-state index in [4.69, 9.17) is 0 Å². The number of rotatable bonds is 1. The summed E-state index contributed by atoms with van der Waals surface area (Å²) in [6, 6.07) is 8.76. The predicted octanol–water partition coefficient (Wildman–Crippen LogP) is 3.68. The average molecular weight is 297 g/mol. The van der Waals surface area contributed by atoms with Gasteiger partial charge in [-0.15, -0.1) is 0 Å². The summed E-state index contributed by atoms with van der Waals surface area (Å²) in [5.41, 5.74) is 4.74. The molecule has 0 aromatic heterocycles. The molecule has 0 radical (unpaired) electrons. The molecule has 3 heteroatoms. The molecule has 1 fully saturated rings. The van der Waals surface area contributed by atoms with Crippen LogP contribution in [0.1, 0.15) is 43.9 Å². The standard InChI is InChI=1S/C19H23NO2/c1-3-12-8-16-15(9-17(12)21)11(2)18-14-7-5-4-6-13(14)10-20(18)19(16)22/h4-8,11,15,18-19,21-22H,3,9-10H2,1-2H3/t11?,15?,18-,19?/m1/s1. The summed E-state index contributed by atoms with van der Waals surface area (Å²) in [5.74, 6) is 1.13. The van der Waals surface area contributed by atoms with Crippen molar-refractivity contribution >= 4 is 0 Å². The molecule has 0 amide bonds. The van der Waals surface area contributed by atoms with Crippen LogP contribution in [0.2, 0.25) is 0 Å². The second-order valence-corrected chi connectivity index (χ2v) is 6.83. The Bertz CT molecular complexity index is 676. The monoisotopic (exact) mass is 297 g/mol. The summed E-state index contributed by atoms with van der Waals surface area (Å²) in [5, 5.41) is 21.2. The van der Waals surface area contributed by atoms with Gasteiger partial charge >= 0.3 is 0 Å². The van der Waals surface area contributed by atoms with Crippen LogP contribution in [0.25, 0.3) is 0 Å².